The third-order valence-corrected chi connectivity index (χ3v) is 5.35. The number of ether oxygens (including phenoxy) is 1. The molecule has 3 atom stereocenters. The van der Waals surface area contributed by atoms with Gasteiger partial charge in [-0.25, -0.2) is 19.5 Å². The lowest BCUT2D eigenvalue weighted by Crippen LogP contribution is -2.39. The highest BCUT2D eigenvalue weighted by Crippen LogP contribution is 2.42. The van der Waals surface area contributed by atoms with Gasteiger partial charge in [0.05, 0.1) is 11.7 Å². The molecule has 0 unspecified atom stereocenters. The number of carbonyl (C=O) groups is 2. The van der Waals surface area contributed by atoms with E-state index in [-0.39, 0.29) is 17.9 Å². The Balaban J connectivity index is 1.64. The largest absolute Gasteiger partial charge is 0.446 e. The second-order valence-electron chi connectivity index (χ2n) is 6.87. The van der Waals surface area contributed by atoms with Crippen molar-refractivity contribution in [1.82, 2.24) is 29.5 Å². The number of fused-ring (bicyclic) bond motifs is 3. The molecule has 142 valence electrons. The smallest absolute Gasteiger partial charge is 0.417 e. The van der Waals surface area contributed by atoms with Crippen LogP contribution in [0.2, 0.25) is 0 Å². The topological polar surface area (TPSA) is 132 Å². The van der Waals surface area contributed by atoms with Gasteiger partial charge in [-0.2, -0.15) is 0 Å². The zero-order valence-electron chi connectivity index (χ0n) is 15.1. The second-order valence-corrected chi connectivity index (χ2v) is 6.87. The van der Waals surface area contributed by atoms with Crippen LogP contribution < -0.4 is 5.73 Å². The Bertz CT molecular complexity index is 1010. The van der Waals surface area contributed by atoms with Crippen LogP contribution in [-0.4, -0.2) is 54.7 Å². The third kappa shape index (κ3) is 2.86. The second kappa shape index (κ2) is 6.53. The van der Waals surface area contributed by atoms with Crippen molar-refractivity contribution >= 4 is 28.9 Å². The average molecular weight is 371 g/mol. The lowest BCUT2D eigenvalue weighted by Gasteiger charge is -2.17. The molecule has 1 aliphatic rings. The van der Waals surface area contributed by atoms with Crippen LogP contribution in [0.1, 0.15) is 37.9 Å². The van der Waals surface area contributed by atoms with Gasteiger partial charge in [-0.3, -0.25) is 4.40 Å². The van der Waals surface area contributed by atoms with Gasteiger partial charge in [0.25, 0.3) is 0 Å². The van der Waals surface area contributed by atoms with Crippen molar-refractivity contribution in [3.63, 3.8) is 0 Å². The van der Waals surface area contributed by atoms with E-state index in [9.17, 15) is 9.59 Å². The van der Waals surface area contributed by atoms with Gasteiger partial charge in [0.2, 0.25) is 0 Å². The fourth-order valence-electron chi connectivity index (χ4n) is 3.89. The number of carbonyl (C=O) groups excluding carboxylic acids is 2. The molecule has 1 fully saturated rings. The highest BCUT2D eigenvalue weighted by atomic mass is 16.6. The summed E-state index contributed by atoms with van der Waals surface area (Å²) in [7, 11) is 1.30. The van der Waals surface area contributed by atoms with E-state index in [4.69, 9.17) is 10.5 Å². The third-order valence-electron chi connectivity index (χ3n) is 5.35. The molecule has 3 N–H and O–H groups in total. The number of amides is 3. The molecule has 3 aromatic heterocycles. The summed E-state index contributed by atoms with van der Waals surface area (Å²) in [6.07, 6.45) is 4.72. The highest BCUT2D eigenvalue weighted by molar-refractivity contribution is 5.89. The maximum atomic E-state index is 12.0. The Hall–Kier alpha value is -3.17. The van der Waals surface area contributed by atoms with Crippen molar-refractivity contribution in [2.75, 3.05) is 7.05 Å². The molecular formula is C17H21N7O3. The zero-order chi connectivity index (χ0) is 19.1. The number of H-pyrrole nitrogens is 1. The zero-order valence-corrected chi connectivity index (χ0v) is 15.1. The van der Waals surface area contributed by atoms with Crippen LogP contribution in [0.4, 0.5) is 9.59 Å². The van der Waals surface area contributed by atoms with Crippen LogP contribution in [0.3, 0.4) is 0 Å². The molecule has 0 bridgehead atoms. The van der Waals surface area contributed by atoms with Gasteiger partial charge >= 0.3 is 12.1 Å². The number of aromatic nitrogens is 5. The van der Waals surface area contributed by atoms with E-state index in [1.165, 1.54) is 7.05 Å². The molecular weight excluding hydrogens is 350 g/mol. The molecule has 4 rings (SSSR count). The van der Waals surface area contributed by atoms with Crippen molar-refractivity contribution in [2.45, 2.75) is 38.2 Å². The molecule has 3 amide bonds. The molecule has 10 heteroatoms. The SMILES string of the molecule is CC[C@@H]1C[C@@H](OC(=O)N(C)C(N)=O)C[C@@H]1c1nnc2cnc3[nH]ccc3n12. The summed E-state index contributed by atoms with van der Waals surface area (Å²) in [5.41, 5.74) is 7.49. The standard InChI is InChI=1S/C17H21N7O3/c1-3-9-6-10(27-17(26)23(2)16(18)25)7-11(9)15-22-21-13-8-20-14-12(24(13)15)4-5-19-14/h4-5,8-11,19H,3,6-7H2,1-2H3,(H2,18,25)/t9-,10-,11+/m1/s1. The van der Waals surface area contributed by atoms with Crippen LogP contribution in [-0.2, 0) is 4.74 Å². The number of nitrogens with one attached hydrogen (secondary N) is 1. The first-order valence-electron chi connectivity index (χ1n) is 8.90. The normalized spacial score (nSPS) is 22.4. The number of urea groups is 1. The number of primary amides is 1. The maximum absolute atomic E-state index is 12.0. The molecule has 10 nitrogen and oxygen atoms in total. The number of hydrogen-bond acceptors (Lipinski definition) is 6. The minimum atomic E-state index is -0.840. The van der Waals surface area contributed by atoms with Gasteiger partial charge in [0.1, 0.15) is 11.9 Å². The van der Waals surface area contributed by atoms with Crippen molar-refractivity contribution in [3.8, 4) is 0 Å². The first-order valence-corrected chi connectivity index (χ1v) is 8.90. The summed E-state index contributed by atoms with van der Waals surface area (Å²) in [5.74, 6) is 1.21. The summed E-state index contributed by atoms with van der Waals surface area (Å²) in [6, 6.07) is 1.10. The molecule has 3 aromatic rings. The fourth-order valence-corrected chi connectivity index (χ4v) is 3.89. The van der Waals surface area contributed by atoms with Crippen LogP contribution >= 0.6 is 0 Å². The first kappa shape index (κ1) is 17.3. The van der Waals surface area contributed by atoms with Crippen molar-refractivity contribution in [3.05, 3.63) is 24.3 Å². The number of nitrogens with zero attached hydrogens (tertiary/aromatic N) is 5. The van der Waals surface area contributed by atoms with E-state index in [0.29, 0.717) is 18.5 Å². The quantitative estimate of drug-likeness (QED) is 0.724. The minimum Gasteiger partial charge on any atom is -0.446 e. The lowest BCUT2D eigenvalue weighted by molar-refractivity contribution is 0.0772. The number of rotatable bonds is 3. The van der Waals surface area contributed by atoms with Crippen molar-refractivity contribution in [2.24, 2.45) is 11.7 Å². The predicted molar refractivity (Wildman–Crippen MR) is 96.0 cm³/mol. The van der Waals surface area contributed by atoms with Gasteiger partial charge in [-0.05, 0) is 24.8 Å². The molecule has 1 saturated carbocycles. The molecule has 0 radical (unpaired) electrons. The number of imide groups is 1. The molecule has 27 heavy (non-hydrogen) atoms. The summed E-state index contributed by atoms with van der Waals surface area (Å²) >= 11 is 0. The lowest BCUT2D eigenvalue weighted by atomic mass is 9.93. The Labute approximate surface area is 154 Å². The summed E-state index contributed by atoms with van der Waals surface area (Å²) < 4.78 is 7.50. The summed E-state index contributed by atoms with van der Waals surface area (Å²) in [4.78, 5) is 31.4. The van der Waals surface area contributed by atoms with Crippen LogP contribution in [0, 0.1) is 5.92 Å². The Morgan fingerprint density at radius 1 is 1.41 bits per heavy atom. The van der Waals surface area contributed by atoms with Gasteiger partial charge in [0.15, 0.2) is 11.3 Å². The van der Waals surface area contributed by atoms with E-state index >= 15 is 0 Å². The molecule has 0 aliphatic heterocycles. The average Bonchev–Trinajstić information content (AvgIpc) is 3.36. The van der Waals surface area contributed by atoms with E-state index in [1.54, 1.807) is 6.20 Å². The fraction of sp³-hybridized carbons (Fsp3) is 0.471. The maximum Gasteiger partial charge on any atom is 0.417 e. The number of aromatic amines is 1. The first-order chi connectivity index (χ1) is 13.0. The van der Waals surface area contributed by atoms with Crippen molar-refractivity contribution in [1.29, 1.82) is 0 Å². The summed E-state index contributed by atoms with van der Waals surface area (Å²) in [6.45, 7) is 2.11. The predicted octanol–water partition coefficient (Wildman–Crippen LogP) is 2.02. The van der Waals surface area contributed by atoms with Crippen molar-refractivity contribution < 1.29 is 14.3 Å². The van der Waals surface area contributed by atoms with E-state index < -0.39 is 12.1 Å². The Kier molecular flexibility index (Phi) is 4.17. The molecule has 3 heterocycles. The number of nitrogens with two attached hydrogens (primary N) is 1. The monoisotopic (exact) mass is 371 g/mol. The van der Waals surface area contributed by atoms with Gasteiger partial charge in [-0.1, -0.05) is 13.3 Å². The highest BCUT2D eigenvalue weighted by Gasteiger charge is 2.39. The number of hydrogen-bond donors (Lipinski definition) is 2. The molecule has 1 aliphatic carbocycles. The Morgan fingerprint density at radius 3 is 2.96 bits per heavy atom. The van der Waals surface area contributed by atoms with Crippen LogP contribution in [0.25, 0.3) is 16.8 Å². The van der Waals surface area contributed by atoms with E-state index in [1.807, 2.05) is 16.7 Å². The molecule has 0 aromatic carbocycles. The minimum absolute atomic E-state index is 0.0854. The van der Waals surface area contributed by atoms with E-state index in [2.05, 4.69) is 27.1 Å². The van der Waals surface area contributed by atoms with Crippen LogP contribution in [0.5, 0.6) is 0 Å². The Morgan fingerprint density at radius 2 is 2.22 bits per heavy atom. The van der Waals surface area contributed by atoms with Gasteiger partial charge in [-0.15, -0.1) is 10.2 Å². The van der Waals surface area contributed by atoms with Gasteiger partial charge < -0.3 is 15.5 Å². The van der Waals surface area contributed by atoms with Crippen LogP contribution in [0.15, 0.2) is 18.5 Å². The van der Waals surface area contributed by atoms with Gasteiger partial charge in [0, 0.05) is 19.2 Å². The summed E-state index contributed by atoms with van der Waals surface area (Å²) in [5, 5.41) is 8.67. The molecule has 0 saturated heterocycles. The van der Waals surface area contributed by atoms with E-state index in [0.717, 1.165) is 28.3 Å². The molecule has 0 spiro atoms.